The second-order valence-electron chi connectivity index (χ2n) is 6.57. The predicted octanol–water partition coefficient (Wildman–Crippen LogP) is 1.36. The fourth-order valence-corrected chi connectivity index (χ4v) is 2.18. The standard InChI is InChI=1S/C14H20BNO3/c1-12(2)13(3,4)19-15(18-12)11-7-5-6-10(16-11)14(17)8-9-14/h5-7,17H,8-9H2,1-4H3. The number of rotatable bonds is 2. The van der Waals surface area contributed by atoms with Gasteiger partial charge in [0.2, 0.25) is 0 Å². The van der Waals surface area contributed by atoms with E-state index in [0.717, 1.165) is 24.1 Å². The molecule has 5 heteroatoms. The zero-order valence-corrected chi connectivity index (χ0v) is 11.9. The normalized spacial score (nSPS) is 26.5. The van der Waals surface area contributed by atoms with E-state index in [1.165, 1.54) is 0 Å². The van der Waals surface area contributed by atoms with Crippen LogP contribution in [0.15, 0.2) is 18.2 Å². The molecule has 0 unspecified atom stereocenters. The van der Waals surface area contributed by atoms with Crippen molar-refractivity contribution in [2.75, 3.05) is 0 Å². The first kappa shape index (κ1) is 13.1. The van der Waals surface area contributed by atoms with E-state index in [1.807, 2.05) is 45.9 Å². The van der Waals surface area contributed by atoms with E-state index >= 15 is 0 Å². The summed E-state index contributed by atoms with van der Waals surface area (Å²) in [5.74, 6) is 0. The summed E-state index contributed by atoms with van der Waals surface area (Å²) < 4.78 is 11.9. The van der Waals surface area contributed by atoms with Gasteiger partial charge < -0.3 is 14.4 Å². The molecule has 0 radical (unpaired) electrons. The van der Waals surface area contributed by atoms with Crippen molar-refractivity contribution >= 4 is 12.7 Å². The van der Waals surface area contributed by atoms with E-state index in [1.54, 1.807) is 0 Å². The van der Waals surface area contributed by atoms with Gasteiger partial charge in [0.15, 0.2) is 0 Å². The van der Waals surface area contributed by atoms with Crippen molar-refractivity contribution in [2.24, 2.45) is 0 Å². The van der Waals surface area contributed by atoms with Crippen molar-refractivity contribution in [3.05, 3.63) is 23.9 Å². The Kier molecular flexibility index (Phi) is 2.63. The summed E-state index contributed by atoms with van der Waals surface area (Å²) in [5, 5.41) is 10.1. The van der Waals surface area contributed by atoms with Crippen LogP contribution in [0.5, 0.6) is 0 Å². The Balaban J connectivity index is 1.88. The van der Waals surface area contributed by atoms with Crippen LogP contribution in [-0.4, -0.2) is 28.4 Å². The quantitative estimate of drug-likeness (QED) is 0.817. The highest BCUT2D eigenvalue weighted by Gasteiger charge is 2.53. The minimum atomic E-state index is -0.723. The van der Waals surface area contributed by atoms with Gasteiger partial charge in [-0.1, -0.05) is 6.07 Å². The number of aliphatic hydroxyl groups is 1. The van der Waals surface area contributed by atoms with Crippen molar-refractivity contribution < 1.29 is 14.4 Å². The van der Waals surface area contributed by atoms with E-state index in [9.17, 15) is 5.11 Å². The molecule has 0 spiro atoms. The molecule has 1 aliphatic heterocycles. The summed E-state index contributed by atoms with van der Waals surface area (Å²) in [7, 11) is -0.465. The van der Waals surface area contributed by atoms with Crippen LogP contribution < -0.4 is 5.59 Å². The Morgan fingerprint density at radius 1 is 1.11 bits per heavy atom. The number of pyridine rings is 1. The maximum atomic E-state index is 10.1. The second-order valence-corrected chi connectivity index (χ2v) is 6.57. The van der Waals surface area contributed by atoms with E-state index in [4.69, 9.17) is 9.31 Å². The lowest BCUT2D eigenvalue weighted by Gasteiger charge is -2.32. The average molecular weight is 261 g/mol. The summed E-state index contributed by atoms with van der Waals surface area (Å²) in [6.45, 7) is 8.08. The number of hydrogen-bond acceptors (Lipinski definition) is 4. The van der Waals surface area contributed by atoms with Crippen LogP contribution >= 0.6 is 0 Å². The van der Waals surface area contributed by atoms with Gasteiger partial charge >= 0.3 is 7.12 Å². The third-order valence-electron chi connectivity index (χ3n) is 4.47. The molecule has 3 rings (SSSR count). The molecule has 0 amide bonds. The largest absolute Gasteiger partial charge is 0.514 e. The average Bonchev–Trinajstić information content (AvgIpc) is 3.02. The maximum absolute atomic E-state index is 10.1. The van der Waals surface area contributed by atoms with Crippen LogP contribution in [0.4, 0.5) is 0 Å². The molecule has 0 aromatic carbocycles. The van der Waals surface area contributed by atoms with E-state index in [-0.39, 0.29) is 11.2 Å². The molecule has 1 N–H and O–H groups in total. The van der Waals surface area contributed by atoms with Gasteiger partial charge in [-0.05, 0) is 52.7 Å². The highest BCUT2D eigenvalue weighted by atomic mass is 16.7. The first-order valence-electron chi connectivity index (χ1n) is 6.79. The van der Waals surface area contributed by atoms with Crippen molar-refractivity contribution in [2.45, 2.75) is 57.3 Å². The van der Waals surface area contributed by atoms with Crippen molar-refractivity contribution in [1.82, 2.24) is 4.98 Å². The SMILES string of the molecule is CC1(C)OB(c2cccc(C3(O)CC3)n2)OC1(C)C. The highest BCUT2D eigenvalue weighted by Crippen LogP contribution is 2.44. The molecule has 1 aromatic heterocycles. The number of nitrogens with zero attached hydrogens (tertiary/aromatic N) is 1. The Morgan fingerprint density at radius 3 is 2.21 bits per heavy atom. The molecule has 1 saturated carbocycles. The molecule has 0 atom stereocenters. The molecule has 1 saturated heterocycles. The minimum absolute atomic E-state index is 0.369. The molecule has 4 nitrogen and oxygen atoms in total. The van der Waals surface area contributed by atoms with Gasteiger partial charge in [-0.2, -0.15) is 0 Å². The smallest absolute Gasteiger partial charge is 0.398 e. The molecule has 102 valence electrons. The topological polar surface area (TPSA) is 51.6 Å². The predicted molar refractivity (Wildman–Crippen MR) is 73.1 cm³/mol. The fourth-order valence-electron chi connectivity index (χ4n) is 2.18. The van der Waals surface area contributed by atoms with E-state index in [0.29, 0.717) is 0 Å². The first-order valence-corrected chi connectivity index (χ1v) is 6.79. The molecule has 2 heterocycles. The summed E-state index contributed by atoms with van der Waals surface area (Å²) in [4.78, 5) is 4.52. The summed E-state index contributed by atoms with van der Waals surface area (Å²) in [6.07, 6.45) is 1.57. The Morgan fingerprint density at radius 2 is 1.68 bits per heavy atom. The third kappa shape index (κ3) is 2.10. The van der Waals surface area contributed by atoms with Crippen LogP contribution in [0.2, 0.25) is 0 Å². The Hall–Kier alpha value is -0.905. The fraction of sp³-hybridized carbons (Fsp3) is 0.643. The number of hydrogen-bond donors (Lipinski definition) is 1. The molecule has 2 aliphatic rings. The summed E-state index contributed by atoms with van der Waals surface area (Å²) >= 11 is 0. The van der Waals surface area contributed by atoms with Gasteiger partial charge in [-0.25, -0.2) is 0 Å². The lowest BCUT2D eigenvalue weighted by Crippen LogP contribution is -2.41. The van der Waals surface area contributed by atoms with Gasteiger partial charge in [0.25, 0.3) is 0 Å². The zero-order chi connectivity index (χ0) is 13.9. The van der Waals surface area contributed by atoms with Crippen LogP contribution in [0.1, 0.15) is 46.2 Å². The molecule has 19 heavy (non-hydrogen) atoms. The zero-order valence-electron chi connectivity index (χ0n) is 11.9. The van der Waals surface area contributed by atoms with E-state index < -0.39 is 12.7 Å². The minimum Gasteiger partial charge on any atom is -0.398 e. The molecule has 1 aliphatic carbocycles. The van der Waals surface area contributed by atoms with Crippen molar-refractivity contribution in [1.29, 1.82) is 0 Å². The van der Waals surface area contributed by atoms with Crippen LogP contribution in [0.25, 0.3) is 0 Å². The van der Waals surface area contributed by atoms with Crippen LogP contribution in [0, 0.1) is 0 Å². The molecular formula is C14H20BNO3. The number of aromatic nitrogens is 1. The second kappa shape index (κ2) is 3.81. The van der Waals surface area contributed by atoms with Crippen LogP contribution in [-0.2, 0) is 14.9 Å². The monoisotopic (exact) mass is 261 g/mol. The van der Waals surface area contributed by atoms with Gasteiger partial charge in [-0.15, -0.1) is 0 Å². The van der Waals surface area contributed by atoms with Crippen molar-refractivity contribution in [3.8, 4) is 0 Å². The Bertz CT molecular complexity index is 495. The van der Waals surface area contributed by atoms with Gasteiger partial charge in [-0.3, -0.25) is 4.98 Å². The van der Waals surface area contributed by atoms with E-state index in [2.05, 4.69) is 4.98 Å². The first-order chi connectivity index (χ1) is 8.74. The summed E-state index contributed by atoms with van der Waals surface area (Å²) in [6, 6.07) is 5.65. The highest BCUT2D eigenvalue weighted by molar-refractivity contribution is 6.61. The molecule has 0 bridgehead atoms. The van der Waals surface area contributed by atoms with Crippen LogP contribution in [0.3, 0.4) is 0 Å². The molecule has 2 fully saturated rings. The van der Waals surface area contributed by atoms with Gasteiger partial charge in [0, 0.05) is 0 Å². The maximum Gasteiger partial charge on any atom is 0.514 e. The Labute approximate surface area is 114 Å². The van der Waals surface area contributed by atoms with Gasteiger partial charge in [0.1, 0.15) is 5.60 Å². The molecular weight excluding hydrogens is 241 g/mol. The lowest BCUT2D eigenvalue weighted by atomic mass is 9.84. The third-order valence-corrected chi connectivity index (χ3v) is 4.47. The van der Waals surface area contributed by atoms with Gasteiger partial charge in [0.05, 0.1) is 22.5 Å². The van der Waals surface area contributed by atoms with Crippen molar-refractivity contribution in [3.63, 3.8) is 0 Å². The lowest BCUT2D eigenvalue weighted by molar-refractivity contribution is 0.00578. The molecule has 1 aromatic rings. The summed E-state index contributed by atoms with van der Waals surface area (Å²) in [5.41, 5.74) is -0.00619.